The molecule has 0 bridgehead atoms. The fourth-order valence-electron chi connectivity index (χ4n) is 2.33. The molecule has 1 rings (SSSR count). The van der Waals surface area contributed by atoms with Crippen molar-refractivity contribution in [3.05, 3.63) is 0 Å². The van der Waals surface area contributed by atoms with Crippen LogP contribution in [0.1, 0.15) is 46.0 Å². The van der Waals surface area contributed by atoms with Gasteiger partial charge in [-0.05, 0) is 37.9 Å². The number of nitrogens with two attached hydrogens (primary N) is 1. The quantitative estimate of drug-likeness (QED) is 0.724. The standard InChI is InChI=1S/C14H28N2OS/c1-3-4-9-18-10-7-14(17)16-8-5-6-13(11-16)12(2)15/h12-13H,3-11,15H2,1-2H3. The molecule has 1 heterocycles. The lowest BCUT2D eigenvalue weighted by Crippen LogP contribution is -2.45. The van der Waals surface area contributed by atoms with Gasteiger partial charge in [-0.1, -0.05) is 13.3 Å². The van der Waals surface area contributed by atoms with E-state index in [4.69, 9.17) is 5.73 Å². The van der Waals surface area contributed by atoms with Crippen LogP contribution in [-0.4, -0.2) is 41.4 Å². The molecule has 0 radical (unpaired) electrons. The van der Waals surface area contributed by atoms with Gasteiger partial charge in [0, 0.05) is 31.3 Å². The summed E-state index contributed by atoms with van der Waals surface area (Å²) < 4.78 is 0. The highest BCUT2D eigenvalue weighted by Crippen LogP contribution is 2.19. The highest BCUT2D eigenvalue weighted by molar-refractivity contribution is 7.99. The number of rotatable bonds is 7. The zero-order chi connectivity index (χ0) is 13.4. The fourth-order valence-corrected chi connectivity index (χ4v) is 3.35. The Balaban J connectivity index is 2.20. The predicted molar refractivity (Wildman–Crippen MR) is 79.8 cm³/mol. The van der Waals surface area contributed by atoms with Crippen molar-refractivity contribution in [3.63, 3.8) is 0 Å². The average molecular weight is 272 g/mol. The third-order valence-electron chi connectivity index (χ3n) is 3.66. The number of unbranched alkanes of at least 4 members (excludes halogenated alkanes) is 1. The van der Waals surface area contributed by atoms with Crippen molar-refractivity contribution >= 4 is 17.7 Å². The summed E-state index contributed by atoms with van der Waals surface area (Å²) >= 11 is 1.91. The van der Waals surface area contributed by atoms with Crippen molar-refractivity contribution in [1.82, 2.24) is 4.90 Å². The van der Waals surface area contributed by atoms with Gasteiger partial charge in [-0.3, -0.25) is 4.79 Å². The Morgan fingerprint density at radius 2 is 2.28 bits per heavy atom. The summed E-state index contributed by atoms with van der Waals surface area (Å²) in [6, 6.07) is 0.208. The molecule has 1 fully saturated rings. The highest BCUT2D eigenvalue weighted by atomic mass is 32.2. The smallest absolute Gasteiger partial charge is 0.223 e. The van der Waals surface area contributed by atoms with E-state index in [0.717, 1.165) is 25.3 Å². The minimum absolute atomic E-state index is 0.208. The zero-order valence-corrected chi connectivity index (χ0v) is 12.7. The zero-order valence-electron chi connectivity index (χ0n) is 11.9. The van der Waals surface area contributed by atoms with Crippen molar-refractivity contribution in [2.24, 2.45) is 11.7 Å². The molecule has 0 spiro atoms. The Hall–Kier alpha value is -0.220. The minimum Gasteiger partial charge on any atom is -0.342 e. The molecule has 0 aliphatic carbocycles. The fraction of sp³-hybridized carbons (Fsp3) is 0.929. The molecule has 0 aromatic heterocycles. The monoisotopic (exact) mass is 272 g/mol. The van der Waals surface area contributed by atoms with Gasteiger partial charge in [0.05, 0.1) is 0 Å². The van der Waals surface area contributed by atoms with Gasteiger partial charge < -0.3 is 10.6 Å². The van der Waals surface area contributed by atoms with Gasteiger partial charge in [0.15, 0.2) is 0 Å². The van der Waals surface area contributed by atoms with E-state index in [1.165, 1.54) is 25.0 Å². The second kappa shape index (κ2) is 8.81. The Labute approximate surface area is 116 Å². The molecule has 3 nitrogen and oxygen atoms in total. The van der Waals surface area contributed by atoms with E-state index in [1.54, 1.807) is 0 Å². The average Bonchev–Trinajstić information content (AvgIpc) is 2.38. The number of likely N-dealkylation sites (tertiary alicyclic amines) is 1. The van der Waals surface area contributed by atoms with E-state index in [2.05, 4.69) is 13.8 Å². The normalized spacial score (nSPS) is 21.9. The van der Waals surface area contributed by atoms with Crippen molar-refractivity contribution in [2.45, 2.75) is 52.0 Å². The predicted octanol–water partition coefficient (Wildman–Crippen LogP) is 2.50. The van der Waals surface area contributed by atoms with Crippen LogP contribution in [0, 0.1) is 5.92 Å². The number of hydrogen-bond donors (Lipinski definition) is 1. The van der Waals surface area contributed by atoms with Crippen LogP contribution in [0.3, 0.4) is 0 Å². The van der Waals surface area contributed by atoms with Crippen molar-refractivity contribution < 1.29 is 4.79 Å². The van der Waals surface area contributed by atoms with Crippen LogP contribution in [0.25, 0.3) is 0 Å². The number of carbonyl (C=O) groups is 1. The van der Waals surface area contributed by atoms with Gasteiger partial charge >= 0.3 is 0 Å². The van der Waals surface area contributed by atoms with Gasteiger partial charge in [-0.25, -0.2) is 0 Å². The van der Waals surface area contributed by atoms with Crippen LogP contribution in [0.2, 0.25) is 0 Å². The van der Waals surface area contributed by atoms with E-state index in [1.807, 2.05) is 16.7 Å². The number of hydrogen-bond acceptors (Lipinski definition) is 3. The Morgan fingerprint density at radius 1 is 1.50 bits per heavy atom. The molecule has 0 aromatic rings. The van der Waals surface area contributed by atoms with E-state index in [0.29, 0.717) is 18.2 Å². The molecule has 2 unspecified atom stereocenters. The number of carbonyl (C=O) groups excluding carboxylic acids is 1. The molecular weight excluding hydrogens is 244 g/mol. The second-order valence-electron chi connectivity index (χ2n) is 5.32. The molecule has 106 valence electrons. The maximum absolute atomic E-state index is 12.1. The molecule has 2 atom stereocenters. The van der Waals surface area contributed by atoms with Gasteiger partial charge in [0.2, 0.25) is 5.91 Å². The van der Waals surface area contributed by atoms with Crippen LogP contribution < -0.4 is 5.73 Å². The Bertz CT molecular complexity index is 246. The minimum atomic E-state index is 0.208. The first kappa shape index (κ1) is 15.8. The van der Waals surface area contributed by atoms with E-state index in [-0.39, 0.29) is 6.04 Å². The number of nitrogens with zero attached hydrogens (tertiary/aromatic N) is 1. The number of thioether (sulfide) groups is 1. The summed E-state index contributed by atoms with van der Waals surface area (Å²) in [5.41, 5.74) is 5.94. The third-order valence-corrected chi connectivity index (χ3v) is 4.73. The first-order valence-electron chi connectivity index (χ1n) is 7.26. The first-order chi connectivity index (χ1) is 8.65. The topological polar surface area (TPSA) is 46.3 Å². The summed E-state index contributed by atoms with van der Waals surface area (Å²) in [5, 5.41) is 0. The Morgan fingerprint density at radius 3 is 2.94 bits per heavy atom. The molecule has 0 aromatic carbocycles. The van der Waals surface area contributed by atoms with E-state index >= 15 is 0 Å². The largest absolute Gasteiger partial charge is 0.342 e. The van der Waals surface area contributed by atoms with Crippen molar-refractivity contribution in [1.29, 1.82) is 0 Å². The van der Waals surface area contributed by atoms with Crippen LogP contribution >= 0.6 is 11.8 Å². The molecular formula is C14H28N2OS. The summed E-state index contributed by atoms with van der Waals surface area (Å²) in [4.78, 5) is 14.1. The molecule has 0 saturated carbocycles. The summed E-state index contributed by atoms with van der Waals surface area (Å²) in [6.07, 6.45) is 5.48. The van der Waals surface area contributed by atoms with Crippen LogP contribution in [0.15, 0.2) is 0 Å². The van der Waals surface area contributed by atoms with Gasteiger partial charge in [-0.2, -0.15) is 11.8 Å². The lowest BCUT2D eigenvalue weighted by Gasteiger charge is -2.34. The first-order valence-corrected chi connectivity index (χ1v) is 8.41. The lowest BCUT2D eigenvalue weighted by atomic mass is 9.92. The second-order valence-corrected chi connectivity index (χ2v) is 6.54. The molecule has 1 aliphatic rings. The summed E-state index contributed by atoms with van der Waals surface area (Å²) in [7, 11) is 0. The maximum Gasteiger partial charge on any atom is 0.223 e. The molecule has 1 aliphatic heterocycles. The lowest BCUT2D eigenvalue weighted by molar-refractivity contribution is -0.132. The summed E-state index contributed by atoms with van der Waals surface area (Å²) in [6.45, 7) is 6.06. The number of piperidine rings is 1. The van der Waals surface area contributed by atoms with Gasteiger partial charge in [0.1, 0.15) is 0 Å². The molecule has 18 heavy (non-hydrogen) atoms. The van der Waals surface area contributed by atoms with Crippen LogP contribution in [0.5, 0.6) is 0 Å². The van der Waals surface area contributed by atoms with Crippen LogP contribution in [-0.2, 0) is 4.79 Å². The molecule has 1 amide bonds. The van der Waals surface area contributed by atoms with E-state index < -0.39 is 0 Å². The van der Waals surface area contributed by atoms with Crippen molar-refractivity contribution in [2.75, 3.05) is 24.6 Å². The molecule has 4 heteroatoms. The maximum atomic E-state index is 12.1. The van der Waals surface area contributed by atoms with E-state index in [9.17, 15) is 4.79 Å². The van der Waals surface area contributed by atoms with Crippen LogP contribution in [0.4, 0.5) is 0 Å². The van der Waals surface area contributed by atoms with Gasteiger partial charge in [0.25, 0.3) is 0 Å². The summed E-state index contributed by atoms with van der Waals surface area (Å²) in [5.74, 6) is 2.98. The third kappa shape index (κ3) is 5.61. The SMILES string of the molecule is CCCCSCCC(=O)N1CCCC(C(C)N)C1. The Kier molecular flexibility index (Phi) is 7.75. The number of amides is 1. The highest BCUT2D eigenvalue weighted by Gasteiger charge is 2.25. The molecule has 2 N–H and O–H groups in total. The molecule has 1 saturated heterocycles. The van der Waals surface area contributed by atoms with Gasteiger partial charge in [-0.15, -0.1) is 0 Å². The van der Waals surface area contributed by atoms with Crippen molar-refractivity contribution in [3.8, 4) is 0 Å².